The van der Waals surface area contributed by atoms with E-state index in [1.165, 1.54) is 6.92 Å². The Hall–Kier alpha value is -0.910. The largest absolute Gasteiger partial charge is 0.356 e. The van der Waals surface area contributed by atoms with E-state index in [1.54, 1.807) is 20.3 Å². The van der Waals surface area contributed by atoms with Crippen molar-refractivity contribution in [1.82, 2.24) is 5.32 Å². The number of ether oxygens (including phenoxy) is 3. The maximum atomic E-state index is 10.7. The maximum Gasteiger partial charge on any atom is 0.216 e. The van der Waals surface area contributed by atoms with Crippen LogP contribution in [0, 0.1) is 0 Å². The van der Waals surface area contributed by atoms with Gasteiger partial charge in [0.05, 0.1) is 0 Å². The lowest BCUT2D eigenvalue weighted by atomic mass is 10.2. The van der Waals surface area contributed by atoms with E-state index in [0.717, 1.165) is 0 Å². The number of rotatable bonds is 5. The van der Waals surface area contributed by atoms with Gasteiger partial charge in [0.2, 0.25) is 5.91 Å². The van der Waals surface area contributed by atoms with Crippen LogP contribution in [0.1, 0.15) is 13.3 Å². The van der Waals surface area contributed by atoms with Crippen LogP contribution in [0.15, 0.2) is 12.2 Å². The van der Waals surface area contributed by atoms with E-state index in [-0.39, 0.29) is 12.2 Å². The summed E-state index contributed by atoms with van der Waals surface area (Å²) in [6, 6.07) is 0. The third kappa shape index (κ3) is 3.30. The van der Waals surface area contributed by atoms with Gasteiger partial charge in [-0.2, -0.15) is 0 Å². The van der Waals surface area contributed by atoms with Gasteiger partial charge in [0.25, 0.3) is 0 Å². The van der Waals surface area contributed by atoms with Gasteiger partial charge in [-0.05, 0) is 12.2 Å². The Bertz CT molecular complexity index is 254. The molecule has 0 aromatic rings. The quantitative estimate of drug-likeness (QED) is 0.675. The van der Waals surface area contributed by atoms with Gasteiger partial charge in [0, 0.05) is 34.1 Å². The van der Waals surface area contributed by atoms with Gasteiger partial charge in [-0.3, -0.25) is 4.79 Å². The number of methoxy groups -OCH3 is 2. The van der Waals surface area contributed by atoms with Crippen molar-refractivity contribution in [3.8, 4) is 0 Å². The van der Waals surface area contributed by atoms with Crippen molar-refractivity contribution in [2.24, 2.45) is 0 Å². The highest BCUT2D eigenvalue weighted by atomic mass is 16.8. The van der Waals surface area contributed by atoms with Gasteiger partial charge in [-0.1, -0.05) is 0 Å². The van der Waals surface area contributed by atoms with E-state index in [0.29, 0.717) is 13.0 Å². The molecular weight excluding hydrogens is 198 g/mol. The molecule has 0 saturated carbocycles. The van der Waals surface area contributed by atoms with Crippen LogP contribution in [0.25, 0.3) is 0 Å². The minimum atomic E-state index is -0.775. The fourth-order valence-corrected chi connectivity index (χ4v) is 1.40. The Morgan fingerprint density at radius 2 is 2.33 bits per heavy atom. The van der Waals surface area contributed by atoms with E-state index in [4.69, 9.17) is 14.2 Å². The highest BCUT2D eigenvalue weighted by Gasteiger charge is 2.35. The Morgan fingerprint density at radius 1 is 1.60 bits per heavy atom. The second kappa shape index (κ2) is 5.25. The molecule has 0 unspecified atom stereocenters. The molecule has 0 aromatic carbocycles. The summed E-state index contributed by atoms with van der Waals surface area (Å²) in [7, 11) is 3.13. The topological polar surface area (TPSA) is 56.8 Å². The minimum absolute atomic E-state index is 0.0634. The molecule has 2 atom stereocenters. The van der Waals surface area contributed by atoms with E-state index >= 15 is 0 Å². The van der Waals surface area contributed by atoms with Crippen molar-refractivity contribution in [3.63, 3.8) is 0 Å². The molecule has 0 saturated heterocycles. The second-order valence-electron chi connectivity index (χ2n) is 3.33. The van der Waals surface area contributed by atoms with E-state index in [1.807, 2.05) is 6.08 Å². The van der Waals surface area contributed by atoms with Crippen LogP contribution in [0.3, 0.4) is 0 Å². The van der Waals surface area contributed by atoms with Gasteiger partial charge >= 0.3 is 0 Å². The van der Waals surface area contributed by atoms with E-state index in [2.05, 4.69) is 5.32 Å². The van der Waals surface area contributed by atoms with E-state index < -0.39 is 5.79 Å². The molecule has 1 heterocycles. The summed E-state index contributed by atoms with van der Waals surface area (Å²) in [5.74, 6) is -0.838. The van der Waals surface area contributed by atoms with Gasteiger partial charge in [0.15, 0.2) is 12.1 Å². The molecule has 1 rings (SSSR count). The van der Waals surface area contributed by atoms with Gasteiger partial charge in [0.1, 0.15) is 0 Å². The fraction of sp³-hybridized carbons (Fsp3) is 0.700. The molecule has 0 aliphatic carbocycles. The van der Waals surface area contributed by atoms with Crippen LogP contribution in [0.2, 0.25) is 0 Å². The summed E-state index contributed by atoms with van der Waals surface area (Å²) in [5, 5.41) is 2.69. The Balaban J connectivity index is 2.42. The standard InChI is InChI=1S/C10H17NO4/c1-8(12)11-7-6-10(14-3)5-4-9(13-2)15-10/h4-5,9H,6-7H2,1-3H3,(H,11,12)/t9-,10+/m0/s1. The first-order valence-electron chi connectivity index (χ1n) is 4.81. The van der Waals surface area contributed by atoms with Crippen molar-refractivity contribution in [3.05, 3.63) is 12.2 Å². The summed E-state index contributed by atoms with van der Waals surface area (Å²) in [6.45, 7) is 1.98. The van der Waals surface area contributed by atoms with Gasteiger partial charge in [-0.25, -0.2) is 0 Å². The zero-order valence-electron chi connectivity index (χ0n) is 9.28. The Morgan fingerprint density at radius 3 is 2.80 bits per heavy atom. The number of amides is 1. The number of carbonyl (C=O) groups is 1. The summed E-state index contributed by atoms with van der Waals surface area (Å²) in [6.07, 6.45) is 3.78. The highest BCUT2D eigenvalue weighted by molar-refractivity contribution is 5.72. The van der Waals surface area contributed by atoms with Crippen LogP contribution in [-0.4, -0.2) is 38.7 Å². The molecule has 1 amide bonds. The molecule has 0 bridgehead atoms. The zero-order valence-corrected chi connectivity index (χ0v) is 9.28. The SMILES string of the molecule is CO[C@@H]1C=C[C@@](CCNC(C)=O)(OC)O1. The van der Waals surface area contributed by atoms with Crippen LogP contribution in [0.4, 0.5) is 0 Å². The monoisotopic (exact) mass is 215 g/mol. The predicted molar refractivity (Wildman–Crippen MR) is 54.1 cm³/mol. The molecule has 5 heteroatoms. The first-order valence-corrected chi connectivity index (χ1v) is 4.81. The van der Waals surface area contributed by atoms with Crippen LogP contribution >= 0.6 is 0 Å². The minimum Gasteiger partial charge on any atom is -0.356 e. The van der Waals surface area contributed by atoms with Crippen molar-refractivity contribution < 1.29 is 19.0 Å². The molecule has 0 aromatic heterocycles. The number of nitrogens with one attached hydrogen (secondary N) is 1. The Kier molecular flexibility index (Phi) is 4.26. The van der Waals surface area contributed by atoms with Gasteiger partial charge < -0.3 is 19.5 Å². The average molecular weight is 215 g/mol. The third-order valence-corrected chi connectivity index (χ3v) is 2.25. The van der Waals surface area contributed by atoms with Crippen molar-refractivity contribution >= 4 is 5.91 Å². The normalized spacial score (nSPS) is 29.4. The molecule has 1 aliphatic rings. The van der Waals surface area contributed by atoms with Crippen molar-refractivity contribution in [2.75, 3.05) is 20.8 Å². The van der Waals surface area contributed by atoms with Crippen LogP contribution < -0.4 is 5.32 Å². The lowest BCUT2D eigenvalue weighted by Gasteiger charge is -2.26. The van der Waals surface area contributed by atoms with E-state index in [9.17, 15) is 4.79 Å². The fourth-order valence-electron chi connectivity index (χ4n) is 1.40. The highest BCUT2D eigenvalue weighted by Crippen LogP contribution is 2.27. The summed E-state index contributed by atoms with van der Waals surface area (Å²) in [5.41, 5.74) is 0. The van der Waals surface area contributed by atoms with Crippen LogP contribution in [0.5, 0.6) is 0 Å². The first kappa shape index (κ1) is 12.2. The molecule has 0 radical (unpaired) electrons. The molecule has 1 aliphatic heterocycles. The summed E-state index contributed by atoms with van der Waals surface area (Å²) < 4.78 is 15.8. The first-order chi connectivity index (χ1) is 7.12. The molecule has 86 valence electrons. The summed E-state index contributed by atoms with van der Waals surface area (Å²) >= 11 is 0. The third-order valence-electron chi connectivity index (χ3n) is 2.25. The average Bonchev–Trinajstić information content (AvgIpc) is 2.62. The lowest BCUT2D eigenvalue weighted by molar-refractivity contribution is -0.244. The lowest BCUT2D eigenvalue weighted by Crippen LogP contribution is -2.36. The zero-order chi connectivity index (χ0) is 11.3. The molecule has 0 spiro atoms. The summed E-state index contributed by atoms with van der Waals surface area (Å²) in [4.78, 5) is 10.7. The smallest absolute Gasteiger partial charge is 0.216 e. The predicted octanol–water partition coefficient (Wildman–Crippen LogP) is 0.414. The molecule has 15 heavy (non-hydrogen) atoms. The number of hydrogen-bond acceptors (Lipinski definition) is 4. The second-order valence-corrected chi connectivity index (χ2v) is 3.33. The van der Waals surface area contributed by atoms with Gasteiger partial charge in [-0.15, -0.1) is 0 Å². The van der Waals surface area contributed by atoms with Crippen molar-refractivity contribution in [2.45, 2.75) is 25.4 Å². The number of carbonyl (C=O) groups excluding carboxylic acids is 1. The molecule has 5 nitrogen and oxygen atoms in total. The number of hydrogen-bond donors (Lipinski definition) is 1. The molecule has 1 N–H and O–H groups in total. The van der Waals surface area contributed by atoms with Crippen LogP contribution in [-0.2, 0) is 19.0 Å². The van der Waals surface area contributed by atoms with Crippen molar-refractivity contribution in [1.29, 1.82) is 0 Å². The molecular formula is C10H17NO4. The Labute approximate surface area is 89.4 Å². The maximum absolute atomic E-state index is 10.7. The molecule has 0 fully saturated rings.